The summed E-state index contributed by atoms with van der Waals surface area (Å²) in [4.78, 5) is 9.47. The van der Waals surface area contributed by atoms with Gasteiger partial charge in [0.15, 0.2) is 5.82 Å². The minimum Gasteiger partial charge on any atom is -0.368 e. The summed E-state index contributed by atoms with van der Waals surface area (Å²) in [6.45, 7) is 4.26. The Morgan fingerprint density at radius 3 is 2.25 bits per heavy atom. The van der Waals surface area contributed by atoms with Crippen LogP contribution in [0.5, 0.6) is 0 Å². The lowest BCUT2D eigenvalue weighted by atomic mass is 10.1. The molecule has 0 aliphatic heterocycles. The number of nitrogens with zero attached hydrogens (tertiary/aromatic N) is 2. The van der Waals surface area contributed by atoms with Crippen LogP contribution in [0.1, 0.15) is 52.4 Å². The maximum atomic E-state index is 4.77. The number of anilines is 2. The molecule has 0 amide bonds. The van der Waals surface area contributed by atoms with Crippen molar-refractivity contribution in [3.8, 4) is 11.4 Å². The molecule has 24 heavy (non-hydrogen) atoms. The van der Waals surface area contributed by atoms with Crippen molar-refractivity contribution < 1.29 is 0 Å². The second-order valence-corrected chi connectivity index (χ2v) is 6.96. The number of nitrogens with one attached hydrogen (secondary N) is 2. The molecule has 0 radical (unpaired) electrons. The lowest BCUT2D eigenvalue weighted by molar-refractivity contribution is 0.617. The lowest BCUT2D eigenvalue weighted by Gasteiger charge is -2.19. The number of aromatic nitrogens is 2. The van der Waals surface area contributed by atoms with Gasteiger partial charge in [0.1, 0.15) is 11.6 Å². The zero-order valence-corrected chi connectivity index (χ0v) is 14.8. The fourth-order valence-electron chi connectivity index (χ4n) is 3.24. The van der Waals surface area contributed by atoms with Crippen molar-refractivity contribution in [2.45, 2.75) is 64.5 Å². The largest absolute Gasteiger partial charge is 0.368 e. The number of benzene rings is 1. The molecule has 1 heterocycles. The molecule has 4 nitrogen and oxygen atoms in total. The second kappa shape index (κ2) is 8.13. The summed E-state index contributed by atoms with van der Waals surface area (Å²) < 4.78 is 0. The predicted octanol–water partition coefficient (Wildman–Crippen LogP) is 5.10. The molecule has 1 aromatic carbocycles. The first-order valence-corrected chi connectivity index (χ1v) is 9.18. The fourth-order valence-corrected chi connectivity index (χ4v) is 3.24. The molecule has 1 fully saturated rings. The summed E-state index contributed by atoms with van der Waals surface area (Å²) in [5.74, 6) is 2.59. The molecule has 2 aromatic rings. The number of hydrogen-bond donors (Lipinski definition) is 2. The van der Waals surface area contributed by atoms with E-state index in [9.17, 15) is 0 Å². The van der Waals surface area contributed by atoms with E-state index in [1.807, 2.05) is 24.3 Å². The maximum Gasteiger partial charge on any atom is 0.163 e. The van der Waals surface area contributed by atoms with Crippen LogP contribution in [-0.2, 0) is 0 Å². The fraction of sp³-hybridized carbons (Fsp3) is 0.500. The topological polar surface area (TPSA) is 49.8 Å². The Morgan fingerprint density at radius 2 is 1.58 bits per heavy atom. The van der Waals surface area contributed by atoms with Gasteiger partial charge in [0.25, 0.3) is 0 Å². The number of rotatable bonds is 5. The van der Waals surface area contributed by atoms with Gasteiger partial charge < -0.3 is 10.6 Å². The lowest BCUT2D eigenvalue weighted by Crippen LogP contribution is -2.20. The van der Waals surface area contributed by atoms with E-state index in [0.717, 1.165) is 23.0 Å². The minimum absolute atomic E-state index is 0.342. The molecule has 1 aromatic heterocycles. The quantitative estimate of drug-likeness (QED) is 0.751. The highest BCUT2D eigenvalue weighted by Gasteiger charge is 2.14. The van der Waals surface area contributed by atoms with Crippen LogP contribution in [0.25, 0.3) is 11.4 Å². The van der Waals surface area contributed by atoms with Crippen LogP contribution >= 0.6 is 0 Å². The van der Waals surface area contributed by atoms with Crippen LogP contribution in [0.4, 0.5) is 11.6 Å². The van der Waals surface area contributed by atoms with Crippen molar-refractivity contribution in [3.63, 3.8) is 0 Å². The molecule has 2 N–H and O–H groups in total. The average molecular weight is 324 g/mol. The van der Waals surface area contributed by atoms with Gasteiger partial charge in [-0.15, -0.1) is 0 Å². The SMILES string of the molecule is CC(C)Nc1cc(NC2CCCCCC2)nc(-c2ccccc2)n1. The van der Waals surface area contributed by atoms with Gasteiger partial charge in [-0.05, 0) is 26.7 Å². The molecular formula is C20H28N4. The zero-order valence-electron chi connectivity index (χ0n) is 14.8. The first-order chi connectivity index (χ1) is 11.7. The highest BCUT2D eigenvalue weighted by atomic mass is 15.1. The third-order valence-electron chi connectivity index (χ3n) is 4.40. The summed E-state index contributed by atoms with van der Waals surface area (Å²) in [5, 5.41) is 7.07. The normalized spacial score (nSPS) is 16.0. The smallest absolute Gasteiger partial charge is 0.163 e. The number of hydrogen-bond acceptors (Lipinski definition) is 4. The standard InChI is InChI=1S/C20H28N4/c1-15(2)21-18-14-19(22-17-12-8-3-4-9-13-17)24-20(23-18)16-10-6-5-7-11-16/h5-7,10-11,14-15,17H,3-4,8-9,12-13H2,1-2H3,(H2,21,22,23,24). The van der Waals surface area contributed by atoms with E-state index in [0.29, 0.717) is 12.1 Å². The average Bonchev–Trinajstić information content (AvgIpc) is 2.83. The molecule has 1 saturated carbocycles. The van der Waals surface area contributed by atoms with E-state index < -0.39 is 0 Å². The maximum absolute atomic E-state index is 4.77. The molecule has 0 saturated heterocycles. The van der Waals surface area contributed by atoms with Crippen LogP contribution in [-0.4, -0.2) is 22.1 Å². The first-order valence-electron chi connectivity index (χ1n) is 9.18. The zero-order chi connectivity index (χ0) is 16.8. The van der Waals surface area contributed by atoms with Crippen LogP contribution < -0.4 is 10.6 Å². The molecule has 0 bridgehead atoms. The summed E-state index contributed by atoms with van der Waals surface area (Å²) in [6.07, 6.45) is 7.81. The summed E-state index contributed by atoms with van der Waals surface area (Å²) in [7, 11) is 0. The summed E-state index contributed by atoms with van der Waals surface area (Å²) >= 11 is 0. The molecule has 1 aliphatic carbocycles. The Bertz CT molecular complexity index is 631. The van der Waals surface area contributed by atoms with E-state index >= 15 is 0 Å². The van der Waals surface area contributed by atoms with Gasteiger partial charge in [-0.2, -0.15) is 0 Å². The van der Waals surface area contributed by atoms with Crippen LogP contribution in [0.2, 0.25) is 0 Å². The van der Waals surface area contributed by atoms with Crippen molar-refractivity contribution in [2.75, 3.05) is 10.6 Å². The van der Waals surface area contributed by atoms with Gasteiger partial charge in [-0.1, -0.05) is 56.0 Å². The second-order valence-electron chi connectivity index (χ2n) is 6.96. The van der Waals surface area contributed by atoms with E-state index in [1.165, 1.54) is 38.5 Å². The van der Waals surface area contributed by atoms with Gasteiger partial charge in [0, 0.05) is 23.7 Å². The molecule has 0 atom stereocenters. The summed E-state index contributed by atoms with van der Waals surface area (Å²) in [5.41, 5.74) is 1.05. The minimum atomic E-state index is 0.342. The molecule has 4 heteroatoms. The highest BCUT2D eigenvalue weighted by Crippen LogP contribution is 2.24. The Hall–Kier alpha value is -2.10. The van der Waals surface area contributed by atoms with Crippen LogP contribution in [0.15, 0.2) is 36.4 Å². The Kier molecular flexibility index (Phi) is 5.68. The van der Waals surface area contributed by atoms with Crippen molar-refractivity contribution in [1.82, 2.24) is 9.97 Å². The molecule has 3 rings (SSSR count). The van der Waals surface area contributed by atoms with Gasteiger partial charge in [-0.25, -0.2) is 9.97 Å². The Morgan fingerprint density at radius 1 is 0.917 bits per heavy atom. The third kappa shape index (κ3) is 4.70. The van der Waals surface area contributed by atoms with E-state index in [1.54, 1.807) is 0 Å². The molecule has 0 unspecified atom stereocenters. The Labute approximate surface area is 145 Å². The molecule has 1 aliphatic rings. The van der Waals surface area contributed by atoms with Crippen LogP contribution in [0, 0.1) is 0 Å². The van der Waals surface area contributed by atoms with Gasteiger partial charge in [0.05, 0.1) is 0 Å². The third-order valence-corrected chi connectivity index (χ3v) is 4.40. The van der Waals surface area contributed by atoms with Gasteiger partial charge in [0.2, 0.25) is 0 Å². The van der Waals surface area contributed by atoms with Crippen molar-refractivity contribution in [3.05, 3.63) is 36.4 Å². The van der Waals surface area contributed by atoms with E-state index in [4.69, 9.17) is 9.97 Å². The van der Waals surface area contributed by atoms with E-state index in [-0.39, 0.29) is 0 Å². The predicted molar refractivity (Wildman–Crippen MR) is 101 cm³/mol. The molecule has 128 valence electrons. The Balaban J connectivity index is 1.86. The monoisotopic (exact) mass is 324 g/mol. The van der Waals surface area contributed by atoms with Crippen LogP contribution in [0.3, 0.4) is 0 Å². The van der Waals surface area contributed by atoms with Crippen molar-refractivity contribution >= 4 is 11.6 Å². The summed E-state index contributed by atoms with van der Waals surface area (Å²) in [6, 6.07) is 13.1. The van der Waals surface area contributed by atoms with Gasteiger partial charge >= 0.3 is 0 Å². The van der Waals surface area contributed by atoms with Crippen molar-refractivity contribution in [2.24, 2.45) is 0 Å². The molecular weight excluding hydrogens is 296 g/mol. The highest BCUT2D eigenvalue weighted by molar-refractivity contribution is 5.61. The first kappa shape index (κ1) is 16.7. The van der Waals surface area contributed by atoms with Crippen molar-refractivity contribution in [1.29, 1.82) is 0 Å². The van der Waals surface area contributed by atoms with E-state index in [2.05, 4.69) is 36.6 Å². The molecule has 0 spiro atoms. The van der Waals surface area contributed by atoms with Gasteiger partial charge in [-0.3, -0.25) is 0 Å².